The number of carbonyl (C=O) groups is 1. The van der Waals surface area contributed by atoms with Gasteiger partial charge in [-0.1, -0.05) is 38.4 Å². The summed E-state index contributed by atoms with van der Waals surface area (Å²) in [6.07, 6.45) is 0. The van der Waals surface area contributed by atoms with E-state index in [1.54, 1.807) is 18.2 Å². The van der Waals surface area contributed by atoms with E-state index in [1.807, 2.05) is 46.8 Å². The number of nitrogens with one attached hydrogen (secondary N) is 2. The van der Waals surface area contributed by atoms with Crippen LogP contribution in [0.1, 0.15) is 47.8 Å². The van der Waals surface area contributed by atoms with Crippen LogP contribution in [-0.4, -0.2) is 16.1 Å². The van der Waals surface area contributed by atoms with E-state index in [9.17, 15) is 9.90 Å². The third kappa shape index (κ3) is 4.74. The van der Waals surface area contributed by atoms with Gasteiger partial charge in [-0.05, 0) is 72.4 Å². The molecule has 0 saturated heterocycles. The highest BCUT2D eigenvalue weighted by atomic mass is 35.5. The van der Waals surface area contributed by atoms with Gasteiger partial charge in [0.05, 0.1) is 10.7 Å². The third-order valence-corrected chi connectivity index (χ3v) is 4.67. The Bertz CT molecular complexity index is 873. The molecular formula is C20H23ClN2O2S. The van der Waals surface area contributed by atoms with Gasteiger partial charge in [0.2, 0.25) is 0 Å². The molecular weight excluding hydrogens is 368 g/mol. The number of amides is 1. The Labute approximate surface area is 164 Å². The zero-order chi connectivity index (χ0) is 19.6. The molecule has 0 bridgehead atoms. The molecule has 0 aliphatic heterocycles. The highest BCUT2D eigenvalue weighted by Crippen LogP contribution is 2.37. The lowest BCUT2D eigenvalue weighted by atomic mass is 9.87. The molecule has 0 aromatic heterocycles. The maximum absolute atomic E-state index is 12.4. The van der Waals surface area contributed by atoms with E-state index in [-0.39, 0.29) is 27.2 Å². The number of aromatic hydroxyl groups is 1. The Morgan fingerprint density at radius 2 is 1.77 bits per heavy atom. The number of phenolic OH excluding ortho intramolecular Hbond substituents is 1. The number of phenols is 1. The molecule has 2 rings (SSSR count). The summed E-state index contributed by atoms with van der Waals surface area (Å²) in [5.74, 6) is -0.425. The van der Waals surface area contributed by atoms with Crippen LogP contribution in [0.2, 0.25) is 5.02 Å². The molecule has 138 valence electrons. The Balaban J connectivity index is 2.18. The zero-order valence-corrected chi connectivity index (χ0v) is 17.1. The fourth-order valence-corrected chi connectivity index (χ4v) is 2.76. The fourth-order valence-electron chi connectivity index (χ4n) is 2.34. The molecule has 26 heavy (non-hydrogen) atoms. The summed E-state index contributed by atoms with van der Waals surface area (Å²) in [5.41, 5.74) is 3.79. The van der Waals surface area contributed by atoms with Gasteiger partial charge in [-0.2, -0.15) is 0 Å². The van der Waals surface area contributed by atoms with Crippen molar-refractivity contribution in [2.75, 3.05) is 5.32 Å². The van der Waals surface area contributed by atoms with Crippen LogP contribution in [0, 0.1) is 13.8 Å². The summed E-state index contributed by atoms with van der Waals surface area (Å²) in [4.78, 5) is 12.4. The summed E-state index contributed by atoms with van der Waals surface area (Å²) >= 11 is 11.3. The normalized spacial score (nSPS) is 11.2. The minimum Gasteiger partial charge on any atom is -0.504 e. The van der Waals surface area contributed by atoms with Crippen molar-refractivity contribution in [1.82, 2.24) is 5.32 Å². The van der Waals surface area contributed by atoms with Gasteiger partial charge in [0.25, 0.3) is 5.91 Å². The predicted octanol–water partition coefficient (Wildman–Crippen LogP) is 5.09. The molecule has 0 atom stereocenters. The Kier molecular flexibility index (Phi) is 5.94. The first-order valence-electron chi connectivity index (χ1n) is 8.21. The molecule has 0 heterocycles. The highest BCUT2D eigenvalue weighted by molar-refractivity contribution is 7.80. The maximum Gasteiger partial charge on any atom is 0.257 e. The first-order valence-corrected chi connectivity index (χ1v) is 9.00. The van der Waals surface area contributed by atoms with Gasteiger partial charge < -0.3 is 10.4 Å². The molecule has 0 aliphatic rings. The van der Waals surface area contributed by atoms with Crippen molar-refractivity contribution < 1.29 is 9.90 Å². The lowest BCUT2D eigenvalue weighted by molar-refractivity contribution is 0.0977. The lowest BCUT2D eigenvalue weighted by Crippen LogP contribution is -2.34. The quantitative estimate of drug-likeness (QED) is 0.494. The number of carbonyl (C=O) groups excluding carboxylic acids is 1. The number of aryl methyl sites for hydroxylation is 2. The van der Waals surface area contributed by atoms with Gasteiger partial charge in [-0.3, -0.25) is 10.1 Å². The van der Waals surface area contributed by atoms with Crippen molar-refractivity contribution in [3.05, 3.63) is 57.6 Å². The van der Waals surface area contributed by atoms with E-state index in [4.69, 9.17) is 23.8 Å². The van der Waals surface area contributed by atoms with Crippen molar-refractivity contribution in [3.63, 3.8) is 0 Å². The van der Waals surface area contributed by atoms with Gasteiger partial charge in [0, 0.05) is 5.56 Å². The van der Waals surface area contributed by atoms with E-state index in [0.717, 1.165) is 16.7 Å². The van der Waals surface area contributed by atoms with E-state index >= 15 is 0 Å². The lowest BCUT2D eigenvalue weighted by Gasteiger charge is -2.21. The third-order valence-electron chi connectivity index (χ3n) is 4.17. The molecule has 2 aromatic carbocycles. The van der Waals surface area contributed by atoms with Crippen molar-refractivity contribution in [1.29, 1.82) is 0 Å². The standard InChI is InChI=1S/C20H23ClN2O2S/c1-11-6-7-13(8-12(11)2)18(25)23-19(26)22-16-10-14(20(3,4)5)9-15(21)17(16)24/h6-10,24H,1-5H3,(H2,22,23,25,26). The number of hydrogen-bond acceptors (Lipinski definition) is 3. The Hall–Kier alpha value is -2.11. The van der Waals surface area contributed by atoms with Crippen LogP contribution in [0.15, 0.2) is 30.3 Å². The number of thiocarbonyl (C=S) groups is 1. The van der Waals surface area contributed by atoms with E-state index in [1.165, 1.54) is 0 Å². The average molecular weight is 391 g/mol. The van der Waals surface area contributed by atoms with Crippen LogP contribution in [-0.2, 0) is 5.41 Å². The molecule has 2 aromatic rings. The second kappa shape index (κ2) is 7.64. The van der Waals surface area contributed by atoms with E-state index < -0.39 is 0 Å². The van der Waals surface area contributed by atoms with Gasteiger partial charge in [-0.15, -0.1) is 0 Å². The van der Waals surface area contributed by atoms with Gasteiger partial charge >= 0.3 is 0 Å². The number of benzene rings is 2. The van der Waals surface area contributed by atoms with Crippen LogP contribution < -0.4 is 10.6 Å². The summed E-state index contributed by atoms with van der Waals surface area (Å²) in [7, 11) is 0. The summed E-state index contributed by atoms with van der Waals surface area (Å²) in [5, 5.41) is 16.0. The van der Waals surface area contributed by atoms with Crippen molar-refractivity contribution in [2.24, 2.45) is 0 Å². The van der Waals surface area contributed by atoms with E-state index in [0.29, 0.717) is 11.3 Å². The molecule has 1 amide bonds. The highest BCUT2D eigenvalue weighted by Gasteiger charge is 2.19. The van der Waals surface area contributed by atoms with Gasteiger partial charge in [0.15, 0.2) is 10.9 Å². The second-order valence-electron chi connectivity index (χ2n) is 7.31. The molecule has 3 N–H and O–H groups in total. The molecule has 0 radical (unpaired) electrons. The van der Waals surface area contributed by atoms with Crippen LogP contribution in [0.5, 0.6) is 5.75 Å². The summed E-state index contributed by atoms with van der Waals surface area (Å²) in [6.45, 7) is 10.1. The smallest absolute Gasteiger partial charge is 0.257 e. The first-order chi connectivity index (χ1) is 12.0. The first kappa shape index (κ1) is 20.2. The summed E-state index contributed by atoms with van der Waals surface area (Å²) in [6, 6.07) is 8.93. The molecule has 6 heteroatoms. The van der Waals surface area contributed by atoms with Crippen LogP contribution in [0.4, 0.5) is 5.69 Å². The number of anilines is 1. The number of rotatable bonds is 2. The topological polar surface area (TPSA) is 61.4 Å². The molecule has 0 unspecified atom stereocenters. The Morgan fingerprint density at radius 1 is 1.12 bits per heavy atom. The maximum atomic E-state index is 12.4. The van der Waals surface area contributed by atoms with Gasteiger partial charge in [0.1, 0.15) is 0 Å². The van der Waals surface area contributed by atoms with Crippen LogP contribution in [0.25, 0.3) is 0 Å². The number of halogens is 1. The molecule has 0 saturated carbocycles. The molecule has 0 aliphatic carbocycles. The second-order valence-corrected chi connectivity index (χ2v) is 8.13. The van der Waals surface area contributed by atoms with Crippen molar-refractivity contribution in [2.45, 2.75) is 40.0 Å². The fraction of sp³-hybridized carbons (Fsp3) is 0.300. The van der Waals surface area contributed by atoms with E-state index in [2.05, 4.69) is 10.6 Å². The average Bonchev–Trinajstić information content (AvgIpc) is 2.53. The monoisotopic (exact) mass is 390 g/mol. The Morgan fingerprint density at radius 3 is 2.35 bits per heavy atom. The zero-order valence-electron chi connectivity index (χ0n) is 15.5. The summed E-state index contributed by atoms with van der Waals surface area (Å²) < 4.78 is 0. The minimum absolute atomic E-state index is 0.0886. The molecule has 0 fully saturated rings. The molecule has 0 spiro atoms. The largest absolute Gasteiger partial charge is 0.504 e. The SMILES string of the molecule is Cc1ccc(C(=O)NC(=S)Nc2cc(C(C)(C)C)cc(Cl)c2O)cc1C. The predicted molar refractivity (Wildman–Crippen MR) is 111 cm³/mol. The van der Waals surface area contributed by atoms with Gasteiger partial charge in [-0.25, -0.2) is 0 Å². The minimum atomic E-state index is -0.317. The van der Waals surface area contributed by atoms with Crippen LogP contribution in [0.3, 0.4) is 0 Å². The van der Waals surface area contributed by atoms with Crippen molar-refractivity contribution in [3.8, 4) is 5.75 Å². The van der Waals surface area contributed by atoms with Crippen molar-refractivity contribution >= 4 is 40.5 Å². The number of hydrogen-bond donors (Lipinski definition) is 3. The van der Waals surface area contributed by atoms with Crippen LogP contribution >= 0.6 is 23.8 Å². The molecule has 4 nitrogen and oxygen atoms in total.